The number of halogens is 4. The molecule has 136 valence electrons. The predicted octanol–water partition coefficient (Wildman–Crippen LogP) is 4.78. The van der Waals surface area contributed by atoms with Gasteiger partial charge in [0.05, 0.1) is 35.2 Å². The van der Waals surface area contributed by atoms with Crippen molar-refractivity contribution in [3.63, 3.8) is 0 Å². The molecule has 0 aliphatic heterocycles. The van der Waals surface area contributed by atoms with E-state index in [-0.39, 0.29) is 40.7 Å². The van der Waals surface area contributed by atoms with Crippen LogP contribution in [0.2, 0.25) is 5.02 Å². The summed E-state index contributed by atoms with van der Waals surface area (Å²) in [6.45, 7) is 1.94. The number of nitrogens with zero attached hydrogens (tertiary/aromatic N) is 1. The van der Waals surface area contributed by atoms with Crippen LogP contribution in [-0.4, -0.2) is 12.6 Å². The van der Waals surface area contributed by atoms with E-state index >= 15 is 0 Å². The molecule has 0 heterocycles. The first kappa shape index (κ1) is 19.6. The molecular formula is C18H13ClF3NO3. The first-order valence-electron chi connectivity index (χ1n) is 7.47. The number of carbonyl (C=O) groups is 1. The minimum atomic E-state index is -4.50. The maximum atomic E-state index is 12.7. The molecule has 4 nitrogen and oxygen atoms in total. The van der Waals surface area contributed by atoms with Gasteiger partial charge in [-0.2, -0.15) is 18.4 Å². The van der Waals surface area contributed by atoms with Crippen LogP contribution in [0.15, 0.2) is 36.4 Å². The Balaban J connectivity index is 2.22. The average molecular weight is 384 g/mol. The van der Waals surface area contributed by atoms with Crippen LogP contribution in [-0.2, 0) is 17.4 Å². The normalized spacial score (nSPS) is 10.9. The standard InChI is InChI=1S/C18H13ClF3NO3/c1-2-25-15-8-12(10-23)7-14(19)17(15)26-16(24)9-11-4-3-5-13(6-11)18(20,21)22/h3-8H,2,9H2,1H3. The molecule has 2 aromatic carbocycles. The van der Waals surface area contributed by atoms with Gasteiger partial charge in [-0.25, -0.2) is 0 Å². The lowest BCUT2D eigenvalue weighted by Crippen LogP contribution is -2.13. The first-order chi connectivity index (χ1) is 12.2. The Hall–Kier alpha value is -2.72. The molecular weight excluding hydrogens is 371 g/mol. The van der Waals surface area contributed by atoms with Gasteiger partial charge in [-0.15, -0.1) is 0 Å². The van der Waals surface area contributed by atoms with E-state index in [9.17, 15) is 18.0 Å². The van der Waals surface area contributed by atoms with Crippen LogP contribution < -0.4 is 9.47 Å². The van der Waals surface area contributed by atoms with Crippen molar-refractivity contribution < 1.29 is 27.4 Å². The maximum Gasteiger partial charge on any atom is 0.416 e. The Morgan fingerprint density at radius 2 is 2.00 bits per heavy atom. The Bertz CT molecular complexity index is 860. The first-order valence-corrected chi connectivity index (χ1v) is 7.85. The van der Waals surface area contributed by atoms with Crippen molar-refractivity contribution in [3.05, 3.63) is 58.1 Å². The zero-order chi connectivity index (χ0) is 19.3. The smallest absolute Gasteiger partial charge is 0.416 e. The van der Waals surface area contributed by atoms with Crippen LogP contribution in [0.4, 0.5) is 13.2 Å². The lowest BCUT2D eigenvalue weighted by molar-refractivity contribution is -0.138. The molecule has 0 amide bonds. The molecule has 0 bridgehead atoms. The van der Waals surface area contributed by atoms with Crippen molar-refractivity contribution >= 4 is 17.6 Å². The quantitative estimate of drug-likeness (QED) is 0.551. The number of nitriles is 1. The molecule has 0 aliphatic rings. The zero-order valence-electron chi connectivity index (χ0n) is 13.6. The third-order valence-electron chi connectivity index (χ3n) is 3.26. The van der Waals surface area contributed by atoms with Crippen LogP contribution in [0.5, 0.6) is 11.5 Å². The molecule has 0 aromatic heterocycles. The Morgan fingerprint density at radius 3 is 2.62 bits per heavy atom. The molecule has 2 rings (SSSR count). The molecule has 0 fully saturated rings. The number of alkyl halides is 3. The van der Waals surface area contributed by atoms with Crippen LogP contribution in [0.3, 0.4) is 0 Å². The lowest BCUT2D eigenvalue weighted by atomic mass is 10.1. The van der Waals surface area contributed by atoms with Crippen molar-refractivity contribution in [2.75, 3.05) is 6.61 Å². The average Bonchev–Trinajstić information content (AvgIpc) is 2.57. The van der Waals surface area contributed by atoms with Gasteiger partial charge in [0.25, 0.3) is 0 Å². The molecule has 2 aromatic rings. The summed E-state index contributed by atoms with van der Waals surface area (Å²) >= 11 is 6.02. The van der Waals surface area contributed by atoms with E-state index in [1.807, 2.05) is 6.07 Å². The van der Waals surface area contributed by atoms with E-state index in [1.54, 1.807) is 6.92 Å². The molecule has 8 heteroatoms. The van der Waals surface area contributed by atoms with Crippen molar-refractivity contribution in [2.24, 2.45) is 0 Å². The Morgan fingerprint density at radius 1 is 1.27 bits per heavy atom. The van der Waals surface area contributed by atoms with Crippen LogP contribution >= 0.6 is 11.6 Å². The lowest BCUT2D eigenvalue weighted by Gasteiger charge is -2.13. The fourth-order valence-corrected chi connectivity index (χ4v) is 2.42. The second-order valence-corrected chi connectivity index (χ2v) is 5.59. The Kier molecular flexibility index (Phi) is 6.11. The summed E-state index contributed by atoms with van der Waals surface area (Å²) in [5, 5.41) is 8.94. The fourth-order valence-electron chi connectivity index (χ4n) is 2.17. The molecule has 0 aliphatic carbocycles. The number of carbonyl (C=O) groups excluding carboxylic acids is 1. The molecule has 0 saturated carbocycles. The minimum absolute atomic E-state index is 0.00936. The van der Waals surface area contributed by atoms with Crippen LogP contribution in [0, 0.1) is 11.3 Å². The van der Waals surface area contributed by atoms with Gasteiger partial charge >= 0.3 is 12.1 Å². The number of benzene rings is 2. The van der Waals surface area contributed by atoms with E-state index in [0.717, 1.165) is 12.1 Å². The van der Waals surface area contributed by atoms with Crippen LogP contribution in [0.1, 0.15) is 23.6 Å². The molecule has 0 atom stereocenters. The van der Waals surface area contributed by atoms with Crippen molar-refractivity contribution in [3.8, 4) is 17.6 Å². The van der Waals surface area contributed by atoms with Gasteiger partial charge in [0, 0.05) is 6.07 Å². The van der Waals surface area contributed by atoms with Gasteiger partial charge in [0.1, 0.15) is 0 Å². The largest absolute Gasteiger partial charge is 0.490 e. The molecule has 0 unspecified atom stereocenters. The highest BCUT2D eigenvalue weighted by molar-refractivity contribution is 6.32. The molecule has 26 heavy (non-hydrogen) atoms. The summed E-state index contributed by atoms with van der Waals surface area (Å²) in [4.78, 5) is 12.1. The third-order valence-corrected chi connectivity index (χ3v) is 3.54. The second kappa shape index (κ2) is 8.11. The summed E-state index contributed by atoms with van der Waals surface area (Å²) in [6, 6.07) is 8.96. The van der Waals surface area contributed by atoms with Gasteiger partial charge in [0.15, 0.2) is 11.5 Å². The topological polar surface area (TPSA) is 59.3 Å². The predicted molar refractivity (Wildman–Crippen MR) is 88.1 cm³/mol. The molecule has 0 N–H and O–H groups in total. The van der Waals surface area contributed by atoms with E-state index < -0.39 is 17.7 Å². The summed E-state index contributed by atoms with van der Waals surface area (Å²) in [6.07, 6.45) is -4.88. The summed E-state index contributed by atoms with van der Waals surface area (Å²) in [5.41, 5.74) is -0.488. The molecule has 0 spiro atoms. The third kappa shape index (κ3) is 4.90. The fraction of sp³-hybridized carbons (Fsp3) is 0.222. The maximum absolute atomic E-state index is 12.7. The number of hydrogen-bond donors (Lipinski definition) is 0. The zero-order valence-corrected chi connectivity index (χ0v) is 14.3. The van der Waals surface area contributed by atoms with E-state index in [4.69, 9.17) is 26.3 Å². The number of hydrogen-bond acceptors (Lipinski definition) is 4. The minimum Gasteiger partial charge on any atom is -0.490 e. The van der Waals surface area contributed by atoms with E-state index in [1.165, 1.54) is 24.3 Å². The SMILES string of the molecule is CCOc1cc(C#N)cc(Cl)c1OC(=O)Cc1cccc(C(F)(F)F)c1. The summed E-state index contributed by atoms with van der Waals surface area (Å²) in [5.74, 6) is -0.782. The number of esters is 1. The summed E-state index contributed by atoms with van der Waals surface area (Å²) in [7, 11) is 0. The van der Waals surface area contributed by atoms with Gasteiger partial charge < -0.3 is 9.47 Å². The van der Waals surface area contributed by atoms with E-state index in [2.05, 4.69) is 0 Å². The molecule has 0 saturated heterocycles. The van der Waals surface area contributed by atoms with Gasteiger partial charge in [-0.1, -0.05) is 29.8 Å². The highest BCUT2D eigenvalue weighted by atomic mass is 35.5. The Labute approximate surface area is 152 Å². The van der Waals surface area contributed by atoms with Gasteiger partial charge in [-0.3, -0.25) is 4.79 Å². The monoisotopic (exact) mass is 383 g/mol. The van der Waals surface area contributed by atoms with Gasteiger partial charge in [0.2, 0.25) is 0 Å². The van der Waals surface area contributed by atoms with Crippen LogP contribution in [0.25, 0.3) is 0 Å². The number of rotatable bonds is 5. The highest BCUT2D eigenvalue weighted by Gasteiger charge is 2.30. The highest BCUT2D eigenvalue weighted by Crippen LogP contribution is 2.37. The van der Waals surface area contributed by atoms with E-state index in [0.29, 0.717) is 0 Å². The second-order valence-electron chi connectivity index (χ2n) is 5.18. The van der Waals surface area contributed by atoms with Crippen molar-refractivity contribution in [1.82, 2.24) is 0 Å². The van der Waals surface area contributed by atoms with Crippen molar-refractivity contribution in [1.29, 1.82) is 5.26 Å². The van der Waals surface area contributed by atoms with Gasteiger partial charge in [-0.05, 0) is 24.6 Å². The summed E-state index contributed by atoms with van der Waals surface area (Å²) < 4.78 is 48.7. The number of ether oxygens (including phenoxy) is 2. The van der Waals surface area contributed by atoms with Crippen molar-refractivity contribution in [2.45, 2.75) is 19.5 Å². The molecule has 0 radical (unpaired) electrons.